The van der Waals surface area contributed by atoms with Gasteiger partial charge in [0.15, 0.2) is 0 Å². The maximum atomic E-state index is 13.4. The van der Waals surface area contributed by atoms with Crippen LogP contribution in [0.4, 0.5) is 0 Å². The highest BCUT2D eigenvalue weighted by Gasteiger charge is 2.31. The van der Waals surface area contributed by atoms with Crippen molar-refractivity contribution in [1.29, 1.82) is 0 Å². The van der Waals surface area contributed by atoms with Crippen LogP contribution in [0.2, 0.25) is 0 Å². The molecule has 2 heterocycles. The van der Waals surface area contributed by atoms with E-state index in [4.69, 9.17) is 0 Å². The first kappa shape index (κ1) is 15.8. The van der Waals surface area contributed by atoms with E-state index in [1.54, 1.807) is 6.20 Å². The molecule has 1 saturated heterocycles. The highest BCUT2D eigenvalue weighted by molar-refractivity contribution is 6.07. The Kier molecular flexibility index (Phi) is 4.20. The second-order valence-corrected chi connectivity index (χ2v) is 6.59. The van der Waals surface area contributed by atoms with Gasteiger partial charge < -0.3 is 9.80 Å². The van der Waals surface area contributed by atoms with Crippen LogP contribution >= 0.6 is 0 Å². The normalized spacial score (nSPS) is 18.4. The Morgan fingerprint density at radius 3 is 2.72 bits per heavy atom. The van der Waals surface area contributed by atoms with Crippen LogP contribution in [0.15, 0.2) is 67.0 Å². The number of carbonyl (C=O) groups is 1. The van der Waals surface area contributed by atoms with Crippen molar-refractivity contribution < 1.29 is 4.79 Å². The minimum atomic E-state index is 0.0737. The van der Waals surface area contributed by atoms with Gasteiger partial charge in [-0.1, -0.05) is 42.5 Å². The lowest BCUT2D eigenvalue weighted by molar-refractivity contribution is 0.0500. The number of hydrogen-bond donors (Lipinski definition) is 0. The third-order valence-electron chi connectivity index (χ3n) is 4.94. The molecule has 0 N–H and O–H groups in total. The fourth-order valence-electron chi connectivity index (χ4n) is 3.59. The Hall–Kier alpha value is -2.72. The zero-order chi connectivity index (χ0) is 17.2. The number of rotatable bonds is 2. The average Bonchev–Trinajstić information content (AvgIpc) is 2.67. The summed E-state index contributed by atoms with van der Waals surface area (Å²) in [6.07, 6.45) is 3.56. The summed E-state index contributed by atoms with van der Waals surface area (Å²) in [5.41, 5.74) is 1.94. The molecule has 25 heavy (non-hydrogen) atoms. The summed E-state index contributed by atoms with van der Waals surface area (Å²) in [5, 5.41) is 1.96. The van der Waals surface area contributed by atoms with E-state index in [1.807, 2.05) is 53.6 Å². The van der Waals surface area contributed by atoms with Gasteiger partial charge in [-0.15, -0.1) is 0 Å². The lowest BCUT2D eigenvalue weighted by Gasteiger charge is -2.40. The molecule has 2 aromatic carbocycles. The van der Waals surface area contributed by atoms with Crippen molar-refractivity contribution in [2.24, 2.45) is 0 Å². The van der Waals surface area contributed by atoms with E-state index in [0.29, 0.717) is 0 Å². The monoisotopic (exact) mass is 331 g/mol. The minimum absolute atomic E-state index is 0.0737. The van der Waals surface area contributed by atoms with Crippen molar-refractivity contribution in [2.75, 3.05) is 26.7 Å². The quantitative estimate of drug-likeness (QED) is 0.722. The van der Waals surface area contributed by atoms with E-state index in [1.165, 1.54) is 5.56 Å². The minimum Gasteiger partial charge on any atom is -0.329 e. The number of aromatic nitrogens is 1. The maximum absolute atomic E-state index is 13.4. The number of pyridine rings is 1. The third-order valence-corrected chi connectivity index (χ3v) is 4.94. The molecule has 1 aliphatic heterocycles. The van der Waals surface area contributed by atoms with Crippen LogP contribution in [0.1, 0.15) is 22.0 Å². The number of hydrogen-bond acceptors (Lipinski definition) is 3. The number of fused-ring (bicyclic) bond motifs is 1. The van der Waals surface area contributed by atoms with Gasteiger partial charge in [-0.3, -0.25) is 9.78 Å². The molecule has 1 atom stereocenters. The van der Waals surface area contributed by atoms with E-state index in [0.717, 1.165) is 36.0 Å². The number of nitrogens with zero attached hydrogens (tertiary/aromatic N) is 3. The van der Waals surface area contributed by atoms with E-state index in [2.05, 4.69) is 29.1 Å². The molecular formula is C21H21N3O. The fourth-order valence-corrected chi connectivity index (χ4v) is 3.59. The number of amides is 1. The Bertz CT molecular complexity index is 889. The molecule has 1 aliphatic rings. The van der Waals surface area contributed by atoms with Gasteiger partial charge >= 0.3 is 0 Å². The standard InChI is InChI=1S/C21H21N3O/c1-23-12-13-24(20(15-23)16-6-3-2-4-7-16)21(25)19-9-5-8-17-14-22-11-10-18(17)19/h2-11,14,20H,12-13,15H2,1H3. The van der Waals surface area contributed by atoms with E-state index < -0.39 is 0 Å². The number of piperazine rings is 1. The summed E-state index contributed by atoms with van der Waals surface area (Å²) in [4.78, 5) is 21.9. The summed E-state index contributed by atoms with van der Waals surface area (Å²) >= 11 is 0. The van der Waals surface area contributed by atoms with Gasteiger partial charge in [0.25, 0.3) is 5.91 Å². The smallest absolute Gasteiger partial charge is 0.255 e. The van der Waals surface area contributed by atoms with Gasteiger partial charge in [0.05, 0.1) is 6.04 Å². The number of likely N-dealkylation sites (N-methyl/N-ethyl adjacent to an activating group) is 1. The molecule has 1 aromatic heterocycles. The predicted molar refractivity (Wildman–Crippen MR) is 99.5 cm³/mol. The molecule has 1 amide bonds. The summed E-state index contributed by atoms with van der Waals surface area (Å²) in [5.74, 6) is 0.0961. The third kappa shape index (κ3) is 3.01. The second-order valence-electron chi connectivity index (χ2n) is 6.59. The molecular weight excluding hydrogens is 310 g/mol. The van der Waals surface area contributed by atoms with Crippen LogP contribution in [-0.4, -0.2) is 47.4 Å². The van der Waals surface area contributed by atoms with Crippen molar-refractivity contribution in [3.05, 3.63) is 78.1 Å². The maximum Gasteiger partial charge on any atom is 0.255 e. The van der Waals surface area contributed by atoms with E-state index in [9.17, 15) is 4.79 Å². The molecule has 4 rings (SSSR count). The average molecular weight is 331 g/mol. The molecule has 0 spiro atoms. The molecule has 1 unspecified atom stereocenters. The van der Waals surface area contributed by atoms with Crippen molar-refractivity contribution in [1.82, 2.24) is 14.8 Å². The van der Waals surface area contributed by atoms with Crippen LogP contribution < -0.4 is 0 Å². The number of benzene rings is 2. The van der Waals surface area contributed by atoms with Crippen molar-refractivity contribution in [2.45, 2.75) is 6.04 Å². The molecule has 0 saturated carbocycles. The summed E-state index contributed by atoms with van der Waals surface area (Å²) in [7, 11) is 2.11. The Labute approximate surface area is 147 Å². The van der Waals surface area contributed by atoms with E-state index >= 15 is 0 Å². The first-order valence-electron chi connectivity index (χ1n) is 8.61. The van der Waals surface area contributed by atoms with Gasteiger partial charge in [-0.2, -0.15) is 0 Å². The first-order chi connectivity index (χ1) is 12.2. The molecule has 4 heteroatoms. The summed E-state index contributed by atoms with van der Waals surface area (Å²) < 4.78 is 0. The Morgan fingerprint density at radius 1 is 1.04 bits per heavy atom. The van der Waals surface area contributed by atoms with Crippen LogP contribution in [0, 0.1) is 0 Å². The van der Waals surface area contributed by atoms with Crippen LogP contribution in [0.3, 0.4) is 0 Å². The SMILES string of the molecule is CN1CCN(C(=O)c2cccc3cnccc23)C(c2ccccc2)C1. The van der Waals surface area contributed by atoms with Crippen molar-refractivity contribution in [3.63, 3.8) is 0 Å². The Balaban J connectivity index is 1.74. The second kappa shape index (κ2) is 6.65. The number of carbonyl (C=O) groups excluding carboxylic acids is 1. The Morgan fingerprint density at radius 2 is 1.88 bits per heavy atom. The molecule has 126 valence electrons. The molecule has 0 radical (unpaired) electrons. The summed E-state index contributed by atoms with van der Waals surface area (Å²) in [6, 6.07) is 18.2. The van der Waals surface area contributed by atoms with E-state index in [-0.39, 0.29) is 11.9 Å². The van der Waals surface area contributed by atoms with Crippen molar-refractivity contribution >= 4 is 16.7 Å². The first-order valence-corrected chi connectivity index (χ1v) is 8.61. The highest BCUT2D eigenvalue weighted by atomic mass is 16.2. The van der Waals surface area contributed by atoms with Crippen molar-refractivity contribution in [3.8, 4) is 0 Å². The zero-order valence-corrected chi connectivity index (χ0v) is 14.3. The van der Waals surface area contributed by atoms with Crippen LogP contribution in [-0.2, 0) is 0 Å². The van der Waals surface area contributed by atoms with Crippen LogP contribution in [0.5, 0.6) is 0 Å². The van der Waals surface area contributed by atoms with Crippen LogP contribution in [0.25, 0.3) is 10.8 Å². The molecule has 1 fully saturated rings. The zero-order valence-electron chi connectivity index (χ0n) is 14.3. The topological polar surface area (TPSA) is 36.4 Å². The predicted octanol–water partition coefficient (Wildman–Crippen LogP) is 3.36. The molecule has 0 bridgehead atoms. The van der Waals surface area contributed by atoms with Gasteiger partial charge in [0.2, 0.25) is 0 Å². The molecule has 4 nitrogen and oxygen atoms in total. The molecule has 3 aromatic rings. The lowest BCUT2D eigenvalue weighted by Crippen LogP contribution is -2.49. The van der Waals surface area contributed by atoms with Gasteiger partial charge in [0.1, 0.15) is 0 Å². The summed E-state index contributed by atoms with van der Waals surface area (Å²) in [6.45, 7) is 2.47. The lowest BCUT2D eigenvalue weighted by atomic mass is 9.99. The largest absolute Gasteiger partial charge is 0.329 e. The molecule has 0 aliphatic carbocycles. The van der Waals surface area contributed by atoms with Gasteiger partial charge in [-0.05, 0) is 30.1 Å². The van der Waals surface area contributed by atoms with Gasteiger partial charge in [0, 0.05) is 43.0 Å². The highest BCUT2D eigenvalue weighted by Crippen LogP contribution is 2.28. The van der Waals surface area contributed by atoms with Gasteiger partial charge in [-0.25, -0.2) is 0 Å². The fraction of sp³-hybridized carbons (Fsp3) is 0.238.